The normalized spacial score (nSPS) is 14.4. The van der Waals surface area contributed by atoms with E-state index in [1.165, 1.54) is 0 Å². The molecule has 1 rings (SSSR count). The summed E-state index contributed by atoms with van der Waals surface area (Å²) in [6.07, 6.45) is 0. The summed E-state index contributed by atoms with van der Waals surface area (Å²) in [7, 11) is 0. The largest absolute Gasteiger partial charge is 0.348 e. The minimum atomic E-state index is -0.523. The highest BCUT2D eigenvalue weighted by Gasteiger charge is 2.20. The lowest BCUT2D eigenvalue weighted by atomic mass is 10.0. The average Bonchev–Trinajstić information content (AvgIpc) is 2.31. The van der Waals surface area contributed by atoms with Crippen LogP contribution in [0, 0.1) is 5.92 Å². The molecule has 18 heavy (non-hydrogen) atoms. The lowest BCUT2D eigenvalue weighted by Crippen LogP contribution is -2.44. The molecule has 1 amide bonds. The Morgan fingerprint density at radius 3 is 2.44 bits per heavy atom. The van der Waals surface area contributed by atoms with Gasteiger partial charge in [0.25, 0.3) is 0 Å². The second-order valence-electron chi connectivity index (χ2n) is 4.64. The Hall–Kier alpha value is -0.770. The smallest absolute Gasteiger partial charge is 0.237 e. The Bertz CT molecular complexity index is 435. The standard InChI is InChI=1S/C13H18Cl2N2O/c1-7(2)12(16)13(18)17-8(3)9-5-4-6-10(14)11(9)15/h4-8,12H,16H2,1-3H3,(H,17,18)/t8?,12-/m0/s1. The van der Waals surface area contributed by atoms with E-state index < -0.39 is 6.04 Å². The zero-order valence-corrected chi connectivity index (χ0v) is 12.2. The summed E-state index contributed by atoms with van der Waals surface area (Å²) in [4.78, 5) is 11.9. The van der Waals surface area contributed by atoms with Gasteiger partial charge in [-0.05, 0) is 24.5 Å². The molecule has 0 saturated heterocycles. The van der Waals surface area contributed by atoms with Crippen molar-refractivity contribution in [2.75, 3.05) is 0 Å². The number of benzene rings is 1. The van der Waals surface area contributed by atoms with E-state index in [4.69, 9.17) is 28.9 Å². The molecule has 0 bridgehead atoms. The second-order valence-corrected chi connectivity index (χ2v) is 5.43. The van der Waals surface area contributed by atoms with Gasteiger partial charge in [0.1, 0.15) is 0 Å². The number of hydrogen-bond acceptors (Lipinski definition) is 2. The van der Waals surface area contributed by atoms with Crippen molar-refractivity contribution in [1.82, 2.24) is 5.32 Å². The van der Waals surface area contributed by atoms with E-state index in [0.717, 1.165) is 5.56 Å². The van der Waals surface area contributed by atoms with Gasteiger partial charge < -0.3 is 11.1 Å². The topological polar surface area (TPSA) is 55.1 Å². The van der Waals surface area contributed by atoms with Crippen LogP contribution in [0.1, 0.15) is 32.4 Å². The van der Waals surface area contributed by atoms with Crippen LogP contribution < -0.4 is 11.1 Å². The second kappa shape index (κ2) is 6.41. The van der Waals surface area contributed by atoms with Crippen molar-refractivity contribution in [1.29, 1.82) is 0 Å². The molecule has 100 valence electrons. The van der Waals surface area contributed by atoms with E-state index in [2.05, 4.69) is 5.32 Å². The molecule has 0 aliphatic heterocycles. The molecule has 0 aliphatic rings. The molecule has 3 N–H and O–H groups in total. The van der Waals surface area contributed by atoms with Crippen molar-refractivity contribution in [2.24, 2.45) is 11.7 Å². The lowest BCUT2D eigenvalue weighted by Gasteiger charge is -2.20. The average molecular weight is 289 g/mol. The van der Waals surface area contributed by atoms with Crippen LogP contribution in [0.5, 0.6) is 0 Å². The molecule has 0 radical (unpaired) electrons. The first-order chi connectivity index (χ1) is 8.34. The molecule has 3 nitrogen and oxygen atoms in total. The fraction of sp³-hybridized carbons (Fsp3) is 0.462. The van der Waals surface area contributed by atoms with Crippen LogP contribution in [0.2, 0.25) is 10.0 Å². The Morgan fingerprint density at radius 1 is 1.28 bits per heavy atom. The van der Waals surface area contributed by atoms with E-state index in [0.29, 0.717) is 10.0 Å². The molecule has 2 atom stereocenters. The van der Waals surface area contributed by atoms with Gasteiger partial charge >= 0.3 is 0 Å². The maximum Gasteiger partial charge on any atom is 0.237 e. The van der Waals surface area contributed by atoms with Gasteiger partial charge in [-0.25, -0.2) is 0 Å². The fourth-order valence-corrected chi connectivity index (χ4v) is 2.02. The van der Waals surface area contributed by atoms with Crippen LogP contribution in [-0.4, -0.2) is 11.9 Å². The van der Waals surface area contributed by atoms with Crippen molar-refractivity contribution < 1.29 is 4.79 Å². The van der Waals surface area contributed by atoms with E-state index in [1.807, 2.05) is 26.8 Å². The van der Waals surface area contributed by atoms with Gasteiger partial charge in [-0.1, -0.05) is 49.2 Å². The maximum atomic E-state index is 11.9. The summed E-state index contributed by atoms with van der Waals surface area (Å²) in [5.74, 6) is -0.0967. The third-order valence-electron chi connectivity index (χ3n) is 2.83. The molecule has 1 unspecified atom stereocenters. The molecular formula is C13H18Cl2N2O. The molecule has 0 aliphatic carbocycles. The molecule has 1 aromatic carbocycles. The van der Waals surface area contributed by atoms with Crippen molar-refractivity contribution >= 4 is 29.1 Å². The highest BCUT2D eigenvalue weighted by atomic mass is 35.5. The molecule has 0 saturated carbocycles. The van der Waals surface area contributed by atoms with Crippen molar-refractivity contribution in [3.8, 4) is 0 Å². The highest BCUT2D eigenvalue weighted by Crippen LogP contribution is 2.29. The summed E-state index contributed by atoms with van der Waals surface area (Å²) in [6.45, 7) is 5.66. The van der Waals surface area contributed by atoms with Gasteiger partial charge in [0, 0.05) is 0 Å². The molecule has 1 aromatic rings. The number of carbonyl (C=O) groups is 1. The molecule has 0 aromatic heterocycles. The molecule has 5 heteroatoms. The first-order valence-corrected chi connectivity index (χ1v) is 6.60. The maximum absolute atomic E-state index is 11.9. The number of halogens is 2. The number of nitrogens with one attached hydrogen (secondary N) is 1. The van der Waals surface area contributed by atoms with Crippen LogP contribution >= 0.6 is 23.2 Å². The Balaban J connectivity index is 2.80. The number of carbonyl (C=O) groups excluding carboxylic acids is 1. The van der Waals surface area contributed by atoms with E-state index in [9.17, 15) is 4.79 Å². The first-order valence-electron chi connectivity index (χ1n) is 5.84. The minimum Gasteiger partial charge on any atom is -0.348 e. The zero-order chi connectivity index (χ0) is 13.9. The van der Waals surface area contributed by atoms with Crippen molar-refractivity contribution in [3.63, 3.8) is 0 Å². The van der Waals surface area contributed by atoms with Crippen molar-refractivity contribution in [3.05, 3.63) is 33.8 Å². The van der Waals surface area contributed by atoms with Gasteiger partial charge in [0.05, 0.1) is 22.1 Å². The van der Waals surface area contributed by atoms with Crippen LogP contribution in [0.3, 0.4) is 0 Å². The molecular weight excluding hydrogens is 271 g/mol. The van der Waals surface area contributed by atoms with Gasteiger partial charge in [-0.3, -0.25) is 4.79 Å². The van der Waals surface area contributed by atoms with Gasteiger partial charge in [-0.2, -0.15) is 0 Å². The monoisotopic (exact) mass is 288 g/mol. The van der Waals surface area contributed by atoms with Gasteiger partial charge in [0.2, 0.25) is 5.91 Å². The van der Waals surface area contributed by atoms with E-state index in [-0.39, 0.29) is 17.9 Å². The summed E-state index contributed by atoms with van der Waals surface area (Å²) in [5, 5.41) is 3.78. The van der Waals surface area contributed by atoms with Crippen LogP contribution in [0.15, 0.2) is 18.2 Å². The lowest BCUT2D eigenvalue weighted by molar-refractivity contribution is -0.123. The number of hydrogen-bond donors (Lipinski definition) is 2. The highest BCUT2D eigenvalue weighted by molar-refractivity contribution is 6.42. The van der Waals surface area contributed by atoms with Crippen LogP contribution in [0.4, 0.5) is 0 Å². The van der Waals surface area contributed by atoms with E-state index >= 15 is 0 Å². The van der Waals surface area contributed by atoms with E-state index in [1.54, 1.807) is 12.1 Å². The predicted molar refractivity (Wildman–Crippen MR) is 75.8 cm³/mol. The summed E-state index contributed by atoms with van der Waals surface area (Å²) < 4.78 is 0. The van der Waals surface area contributed by atoms with Crippen LogP contribution in [-0.2, 0) is 4.79 Å². The third-order valence-corrected chi connectivity index (χ3v) is 3.66. The Kier molecular flexibility index (Phi) is 5.45. The zero-order valence-electron chi connectivity index (χ0n) is 10.7. The van der Waals surface area contributed by atoms with Crippen molar-refractivity contribution in [2.45, 2.75) is 32.9 Å². The quantitative estimate of drug-likeness (QED) is 0.894. The third kappa shape index (κ3) is 3.61. The Labute approximate surface area is 118 Å². The van der Waals surface area contributed by atoms with Crippen LogP contribution in [0.25, 0.3) is 0 Å². The summed E-state index contributed by atoms with van der Waals surface area (Å²) >= 11 is 12.0. The SMILES string of the molecule is CC(NC(=O)[C@@H](N)C(C)C)c1cccc(Cl)c1Cl. The summed E-state index contributed by atoms with van der Waals surface area (Å²) in [6, 6.07) is 4.59. The first kappa shape index (κ1) is 15.3. The molecule has 0 spiro atoms. The number of nitrogens with two attached hydrogens (primary N) is 1. The number of amides is 1. The molecule has 0 heterocycles. The van der Waals surface area contributed by atoms with Gasteiger partial charge in [0.15, 0.2) is 0 Å². The fourth-order valence-electron chi connectivity index (χ4n) is 1.55. The molecule has 0 fully saturated rings. The predicted octanol–water partition coefficient (Wildman–Crippen LogP) is 3.15. The van der Waals surface area contributed by atoms with Gasteiger partial charge in [-0.15, -0.1) is 0 Å². The number of rotatable bonds is 4. The minimum absolute atomic E-state index is 0.0898. The Morgan fingerprint density at radius 2 is 1.89 bits per heavy atom. The summed E-state index contributed by atoms with van der Waals surface area (Å²) in [5.41, 5.74) is 6.57.